The number of methoxy groups -OCH3 is 3. The number of hydrogen-bond acceptors (Lipinski definition) is 6. The second kappa shape index (κ2) is 8.15. The van der Waals surface area contributed by atoms with Crippen LogP contribution in [0.1, 0.15) is 11.3 Å². The van der Waals surface area contributed by atoms with Crippen LogP contribution in [0, 0.1) is 0 Å². The molecule has 26 heavy (non-hydrogen) atoms. The van der Waals surface area contributed by atoms with Crippen LogP contribution in [-0.2, 0) is 6.54 Å². The Kier molecular flexibility index (Phi) is 5.48. The van der Waals surface area contributed by atoms with Crippen molar-refractivity contribution < 1.29 is 18.6 Å². The van der Waals surface area contributed by atoms with Gasteiger partial charge in [-0.05, 0) is 35.1 Å². The fraction of sp³-hybridized carbons (Fsp3) is 0.211. The number of ether oxygens (including phenoxy) is 3. The van der Waals surface area contributed by atoms with Crippen molar-refractivity contribution in [3.8, 4) is 17.2 Å². The molecule has 1 heterocycles. The molecule has 0 aliphatic heterocycles. The van der Waals surface area contributed by atoms with E-state index in [0.717, 1.165) is 16.5 Å². The first kappa shape index (κ1) is 17.5. The predicted octanol–water partition coefficient (Wildman–Crippen LogP) is 4.44. The molecule has 0 saturated heterocycles. The van der Waals surface area contributed by atoms with Gasteiger partial charge in [0, 0.05) is 5.39 Å². The van der Waals surface area contributed by atoms with Crippen molar-refractivity contribution in [1.29, 1.82) is 0 Å². The lowest BCUT2D eigenvalue weighted by Gasteiger charge is -2.13. The van der Waals surface area contributed by atoms with Crippen LogP contribution >= 0.6 is 0 Å². The maximum Gasteiger partial charge on any atom is 0.203 e. The van der Waals surface area contributed by atoms with Gasteiger partial charge in [0.2, 0.25) is 5.75 Å². The number of hydrogen-bond donors (Lipinski definition) is 0. The minimum atomic E-state index is 0.328. The molecule has 7 nitrogen and oxygen atoms in total. The third-order valence-corrected chi connectivity index (χ3v) is 3.72. The van der Waals surface area contributed by atoms with Crippen molar-refractivity contribution in [2.24, 2.45) is 15.4 Å². The molecule has 0 amide bonds. The summed E-state index contributed by atoms with van der Waals surface area (Å²) in [5.41, 5.74) is 1.67. The molecule has 0 saturated carbocycles. The van der Waals surface area contributed by atoms with E-state index >= 15 is 0 Å². The van der Waals surface area contributed by atoms with E-state index < -0.39 is 0 Å². The van der Waals surface area contributed by atoms with E-state index in [2.05, 4.69) is 15.4 Å². The Morgan fingerprint density at radius 1 is 0.962 bits per heavy atom. The van der Waals surface area contributed by atoms with E-state index in [1.807, 2.05) is 42.5 Å². The monoisotopic (exact) mass is 353 g/mol. The lowest BCUT2D eigenvalue weighted by Crippen LogP contribution is -1.96. The van der Waals surface area contributed by atoms with Gasteiger partial charge >= 0.3 is 0 Å². The fourth-order valence-electron chi connectivity index (χ4n) is 2.53. The zero-order valence-corrected chi connectivity index (χ0v) is 14.8. The van der Waals surface area contributed by atoms with Crippen molar-refractivity contribution in [3.63, 3.8) is 0 Å². The molecule has 0 spiro atoms. The first-order valence-corrected chi connectivity index (χ1v) is 7.92. The van der Waals surface area contributed by atoms with Crippen molar-refractivity contribution in [2.45, 2.75) is 6.54 Å². The van der Waals surface area contributed by atoms with Gasteiger partial charge < -0.3 is 18.6 Å². The van der Waals surface area contributed by atoms with Crippen molar-refractivity contribution in [1.82, 2.24) is 0 Å². The third-order valence-electron chi connectivity index (χ3n) is 3.72. The molecular formula is C19H19N3O4. The summed E-state index contributed by atoms with van der Waals surface area (Å²) in [6.07, 6.45) is 1.53. The molecule has 0 atom stereocenters. The Balaban J connectivity index is 1.68. The minimum Gasteiger partial charge on any atom is -0.493 e. The van der Waals surface area contributed by atoms with E-state index in [1.54, 1.807) is 21.3 Å². The molecule has 7 heteroatoms. The fourth-order valence-corrected chi connectivity index (χ4v) is 2.53. The van der Waals surface area contributed by atoms with E-state index in [1.165, 1.54) is 6.21 Å². The van der Waals surface area contributed by atoms with Gasteiger partial charge in [0.25, 0.3) is 0 Å². The molecule has 0 radical (unpaired) electrons. The standard InChI is InChI=1S/C19H19N3O4/c1-23-17-8-13(9-18(24-2)19(17)25-3)11-20-22-21-12-15-10-14-6-4-5-7-16(14)26-15/h4-10,12H,11H2,1-3H3/b21-12-,22-20?. The lowest BCUT2D eigenvalue weighted by atomic mass is 10.2. The van der Waals surface area contributed by atoms with Crippen LogP contribution in [0.25, 0.3) is 11.0 Å². The largest absolute Gasteiger partial charge is 0.493 e. The summed E-state index contributed by atoms with van der Waals surface area (Å²) in [5.74, 6) is 2.31. The quantitative estimate of drug-likeness (QED) is 0.357. The minimum absolute atomic E-state index is 0.328. The van der Waals surface area contributed by atoms with Crippen LogP contribution in [0.2, 0.25) is 0 Å². The summed E-state index contributed by atoms with van der Waals surface area (Å²) >= 11 is 0. The Bertz CT molecular complexity index is 889. The van der Waals surface area contributed by atoms with Crippen LogP contribution in [-0.4, -0.2) is 27.5 Å². The topological polar surface area (TPSA) is 77.9 Å². The molecular weight excluding hydrogens is 334 g/mol. The van der Waals surface area contributed by atoms with Gasteiger partial charge in [-0.25, -0.2) is 0 Å². The Labute approximate surface area is 150 Å². The number of nitrogens with zero attached hydrogens (tertiary/aromatic N) is 3. The zero-order valence-electron chi connectivity index (χ0n) is 14.8. The molecule has 2 aromatic carbocycles. The highest BCUT2D eigenvalue weighted by molar-refractivity contribution is 5.86. The normalized spacial score (nSPS) is 11.5. The molecule has 0 aliphatic carbocycles. The predicted molar refractivity (Wildman–Crippen MR) is 98.5 cm³/mol. The maximum atomic E-state index is 5.62. The van der Waals surface area contributed by atoms with Crippen LogP contribution in [0.5, 0.6) is 17.2 Å². The molecule has 1 aromatic heterocycles. The zero-order chi connectivity index (χ0) is 18.4. The highest BCUT2D eigenvalue weighted by Crippen LogP contribution is 2.38. The van der Waals surface area contributed by atoms with Crippen LogP contribution in [0.4, 0.5) is 0 Å². The second-order valence-corrected chi connectivity index (χ2v) is 5.35. The molecule has 3 aromatic rings. The number of furan rings is 1. The average molecular weight is 353 g/mol. The molecule has 0 aliphatic rings. The number of benzene rings is 2. The second-order valence-electron chi connectivity index (χ2n) is 5.35. The SMILES string of the molecule is COc1cc(CN=N/N=C\c2cc3ccccc3o2)cc(OC)c1OC. The average Bonchev–Trinajstić information content (AvgIpc) is 3.09. The first-order valence-electron chi connectivity index (χ1n) is 7.92. The first-order chi connectivity index (χ1) is 12.7. The van der Waals surface area contributed by atoms with E-state index in [0.29, 0.717) is 29.6 Å². The molecule has 134 valence electrons. The van der Waals surface area contributed by atoms with E-state index in [4.69, 9.17) is 18.6 Å². The molecule has 0 unspecified atom stereocenters. The number of rotatable bonds is 7. The summed E-state index contributed by atoms with van der Waals surface area (Å²) < 4.78 is 21.5. The van der Waals surface area contributed by atoms with Gasteiger partial charge in [0.05, 0.1) is 34.1 Å². The van der Waals surface area contributed by atoms with Crippen LogP contribution in [0.3, 0.4) is 0 Å². The highest BCUT2D eigenvalue weighted by atomic mass is 16.5. The number of fused-ring (bicyclic) bond motifs is 1. The third kappa shape index (κ3) is 3.83. The smallest absolute Gasteiger partial charge is 0.203 e. The summed E-state index contributed by atoms with van der Waals surface area (Å²) in [5, 5.41) is 12.8. The van der Waals surface area contributed by atoms with Crippen molar-refractivity contribution >= 4 is 17.2 Å². The van der Waals surface area contributed by atoms with E-state index in [-0.39, 0.29) is 0 Å². The highest BCUT2D eigenvalue weighted by Gasteiger charge is 2.12. The van der Waals surface area contributed by atoms with Gasteiger partial charge in [-0.15, -0.1) is 5.10 Å². The molecule has 3 rings (SSSR count). The van der Waals surface area contributed by atoms with Gasteiger partial charge in [0.1, 0.15) is 11.3 Å². The van der Waals surface area contributed by atoms with Gasteiger partial charge in [-0.2, -0.15) is 5.11 Å². The summed E-state index contributed by atoms with van der Waals surface area (Å²) in [7, 11) is 4.70. The van der Waals surface area contributed by atoms with Crippen LogP contribution < -0.4 is 14.2 Å². The summed E-state index contributed by atoms with van der Waals surface area (Å²) in [4.78, 5) is 0. The van der Waals surface area contributed by atoms with Gasteiger partial charge in [-0.1, -0.05) is 18.2 Å². The van der Waals surface area contributed by atoms with Crippen LogP contribution in [0.15, 0.2) is 62.3 Å². The molecule has 0 N–H and O–H groups in total. The van der Waals surface area contributed by atoms with Gasteiger partial charge in [0.15, 0.2) is 11.5 Å². The molecule has 0 fully saturated rings. The molecule has 0 bridgehead atoms. The Morgan fingerprint density at radius 2 is 1.69 bits per heavy atom. The lowest BCUT2D eigenvalue weighted by molar-refractivity contribution is 0.324. The summed E-state index contributed by atoms with van der Waals surface area (Å²) in [6.45, 7) is 0.328. The Hall–Kier alpha value is -3.35. The van der Waals surface area contributed by atoms with Gasteiger partial charge in [-0.3, -0.25) is 0 Å². The van der Waals surface area contributed by atoms with Crippen molar-refractivity contribution in [3.05, 3.63) is 53.8 Å². The Morgan fingerprint density at radius 3 is 2.35 bits per heavy atom. The van der Waals surface area contributed by atoms with Crippen molar-refractivity contribution in [2.75, 3.05) is 21.3 Å². The van der Waals surface area contributed by atoms with E-state index in [9.17, 15) is 0 Å². The maximum absolute atomic E-state index is 5.62. The number of para-hydroxylation sites is 1. The summed E-state index contributed by atoms with van der Waals surface area (Å²) in [6, 6.07) is 13.3.